The highest BCUT2D eigenvalue weighted by Crippen LogP contribution is 2.31. The first-order valence-corrected chi connectivity index (χ1v) is 8.15. The lowest BCUT2D eigenvalue weighted by Crippen LogP contribution is -2.23. The Morgan fingerprint density at radius 2 is 1.86 bits per heavy atom. The second-order valence-electron chi connectivity index (χ2n) is 5.49. The van der Waals surface area contributed by atoms with Crippen molar-refractivity contribution in [1.82, 2.24) is 0 Å². The molecule has 0 spiro atoms. The Hall–Kier alpha value is -1.32. The van der Waals surface area contributed by atoms with Crippen molar-refractivity contribution in [2.45, 2.75) is 32.7 Å². The molecule has 2 nitrogen and oxygen atoms in total. The normalized spacial score (nSPS) is 12.2. The number of aryl methyl sites for hydroxylation is 1. The molecule has 0 fully saturated rings. The second kappa shape index (κ2) is 7.10. The minimum Gasteiger partial charge on any atom is -0.344 e. The lowest BCUT2D eigenvalue weighted by atomic mass is 10.0. The molecular weight excluding hydrogens is 324 g/mol. The number of nitrogens with zero attached hydrogens (tertiary/aromatic N) is 1. The molecule has 0 saturated heterocycles. The van der Waals surface area contributed by atoms with Gasteiger partial charge in [-0.05, 0) is 55.2 Å². The fourth-order valence-electron chi connectivity index (χ4n) is 2.54. The van der Waals surface area contributed by atoms with Gasteiger partial charge >= 0.3 is 0 Å². The molecule has 0 bridgehead atoms. The summed E-state index contributed by atoms with van der Waals surface area (Å²) in [6, 6.07) is 15.1. The largest absolute Gasteiger partial charge is 0.344 e. The summed E-state index contributed by atoms with van der Waals surface area (Å²) >= 11 is 3.57. The molecule has 2 N–H and O–H groups in total. The highest BCUT2D eigenvalue weighted by molar-refractivity contribution is 9.10. The van der Waals surface area contributed by atoms with E-state index >= 15 is 0 Å². The van der Waals surface area contributed by atoms with Crippen molar-refractivity contribution < 1.29 is 0 Å². The number of anilines is 2. The summed E-state index contributed by atoms with van der Waals surface area (Å²) in [5.74, 6) is 0. The Morgan fingerprint density at radius 1 is 1.14 bits per heavy atom. The lowest BCUT2D eigenvalue weighted by Gasteiger charge is -2.25. The van der Waals surface area contributed by atoms with Crippen molar-refractivity contribution >= 4 is 27.3 Å². The van der Waals surface area contributed by atoms with Crippen LogP contribution in [0.3, 0.4) is 0 Å². The average molecular weight is 347 g/mol. The highest BCUT2D eigenvalue weighted by Gasteiger charge is 2.13. The van der Waals surface area contributed by atoms with Crippen LogP contribution in [0.2, 0.25) is 0 Å². The van der Waals surface area contributed by atoms with Crippen molar-refractivity contribution in [2.24, 2.45) is 5.73 Å². The topological polar surface area (TPSA) is 29.3 Å². The number of benzene rings is 2. The second-order valence-corrected chi connectivity index (χ2v) is 6.41. The summed E-state index contributed by atoms with van der Waals surface area (Å²) in [6.45, 7) is 4.27. The maximum atomic E-state index is 6.16. The van der Waals surface area contributed by atoms with Gasteiger partial charge in [0.1, 0.15) is 0 Å². The van der Waals surface area contributed by atoms with Crippen molar-refractivity contribution in [3.8, 4) is 0 Å². The number of hydrogen-bond acceptors (Lipinski definition) is 2. The van der Waals surface area contributed by atoms with Gasteiger partial charge in [0, 0.05) is 28.9 Å². The number of rotatable bonds is 5. The van der Waals surface area contributed by atoms with Crippen molar-refractivity contribution in [1.29, 1.82) is 0 Å². The van der Waals surface area contributed by atoms with E-state index in [9.17, 15) is 0 Å². The van der Waals surface area contributed by atoms with Gasteiger partial charge in [-0.25, -0.2) is 0 Å². The molecule has 3 heteroatoms. The van der Waals surface area contributed by atoms with E-state index in [0.717, 1.165) is 17.3 Å². The molecule has 0 saturated carbocycles. The van der Waals surface area contributed by atoms with Gasteiger partial charge in [0.25, 0.3) is 0 Å². The van der Waals surface area contributed by atoms with E-state index < -0.39 is 0 Å². The third kappa shape index (κ3) is 3.86. The van der Waals surface area contributed by atoms with Crippen LogP contribution >= 0.6 is 15.9 Å². The van der Waals surface area contributed by atoms with Gasteiger partial charge in [-0.3, -0.25) is 0 Å². The zero-order chi connectivity index (χ0) is 15.4. The number of nitrogens with two attached hydrogens (primary N) is 1. The maximum Gasteiger partial charge on any atom is 0.0442 e. The van der Waals surface area contributed by atoms with Crippen LogP contribution in [-0.4, -0.2) is 13.1 Å². The van der Waals surface area contributed by atoms with E-state index in [0.29, 0.717) is 0 Å². The Balaban J connectivity index is 2.41. The predicted octanol–water partition coefficient (Wildman–Crippen LogP) is 4.81. The Kier molecular flexibility index (Phi) is 5.43. The molecule has 1 unspecified atom stereocenters. The zero-order valence-corrected chi connectivity index (χ0v) is 14.5. The molecule has 0 aromatic heterocycles. The van der Waals surface area contributed by atoms with Crippen molar-refractivity contribution in [2.75, 3.05) is 11.9 Å². The number of halogens is 1. The lowest BCUT2D eigenvalue weighted by molar-refractivity contribution is 0.646. The minimum atomic E-state index is 0.198. The van der Waals surface area contributed by atoms with E-state index in [2.05, 4.69) is 84.2 Å². The third-order valence-corrected chi connectivity index (χ3v) is 4.38. The highest BCUT2D eigenvalue weighted by atomic mass is 79.9. The van der Waals surface area contributed by atoms with Crippen molar-refractivity contribution in [3.05, 3.63) is 58.1 Å². The van der Waals surface area contributed by atoms with E-state index in [4.69, 9.17) is 5.73 Å². The van der Waals surface area contributed by atoms with Crippen LogP contribution in [-0.2, 0) is 6.42 Å². The Labute approximate surface area is 136 Å². The standard InChI is InChI=1S/C18H23BrN2/c1-4-16(20)12-14-11-15(19)9-10-18(14)21(3)17-8-6-5-7-13(17)2/h5-11,16H,4,12,20H2,1-3H3. The van der Waals surface area contributed by atoms with Crippen LogP contribution < -0.4 is 10.6 Å². The molecule has 0 aliphatic heterocycles. The molecule has 0 aliphatic rings. The van der Waals surface area contributed by atoms with Gasteiger partial charge in [-0.2, -0.15) is 0 Å². The van der Waals surface area contributed by atoms with Crippen LogP contribution in [0.25, 0.3) is 0 Å². The number of hydrogen-bond donors (Lipinski definition) is 1. The maximum absolute atomic E-state index is 6.16. The average Bonchev–Trinajstić information content (AvgIpc) is 2.47. The van der Waals surface area contributed by atoms with Crippen LogP contribution in [0, 0.1) is 6.92 Å². The molecule has 2 aromatic carbocycles. The molecule has 0 heterocycles. The zero-order valence-electron chi connectivity index (χ0n) is 12.9. The third-order valence-electron chi connectivity index (χ3n) is 3.89. The van der Waals surface area contributed by atoms with E-state index in [-0.39, 0.29) is 6.04 Å². The van der Waals surface area contributed by atoms with Gasteiger partial charge in [-0.15, -0.1) is 0 Å². The molecule has 0 amide bonds. The molecule has 0 radical (unpaired) electrons. The molecule has 21 heavy (non-hydrogen) atoms. The number of para-hydroxylation sites is 1. The smallest absolute Gasteiger partial charge is 0.0442 e. The quantitative estimate of drug-likeness (QED) is 0.841. The van der Waals surface area contributed by atoms with Crippen LogP contribution in [0.5, 0.6) is 0 Å². The van der Waals surface area contributed by atoms with E-state index in [1.807, 2.05) is 0 Å². The molecule has 2 aromatic rings. The molecule has 1 atom stereocenters. The molecule has 0 aliphatic carbocycles. The molecule has 2 rings (SSSR count). The van der Waals surface area contributed by atoms with Gasteiger partial charge in [-0.1, -0.05) is 41.1 Å². The predicted molar refractivity (Wildman–Crippen MR) is 95.4 cm³/mol. The first-order valence-electron chi connectivity index (χ1n) is 7.36. The summed E-state index contributed by atoms with van der Waals surface area (Å²) in [6.07, 6.45) is 1.88. The fraction of sp³-hybridized carbons (Fsp3) is 0.333. The van der Waals surface area contributed by atoms with Crippen LogP contribution in [0.1, 0.15) is 24.5 Å². The Bertz CT molecular complexity index is 610. The first-order chi connectivity index (χ1) is 10.0. The van der Waals surface area contributed by atoms with Crippen LogP contribution in [0.15, 0.2) is 46.9 Å². The fourth-order valence-corrected chi connectivity index (χ4v) is 2.95. The molecule has 112 valence electrons. The monoisotopic (exact) mass is 346 g/mol. The van der Waals surface area contributed by atoms with Gasteiger partial charge in [0.15, 0.2) is 0 Å². The minimum absolute atomic E-state index is 0.198. The Morgan fingerprint density at radius 3 is 2.52 bits per heavy atom. The van der Waals surface area contributed by atoms with E-state index in [1.165, 1.54) is 22.5 Å². The van der Waals surface area contributed by atoms with Gasteiger partial charge < -0.3 is 10.6 Å². The summed E-state index contributed by atoms with van der Waals surface area (Å²) in [4.78, 5) is 2.25. The summed E-state index contributed by atoms with van der Waals surface area (Å²) in [5, 5.41) is 0. The first kappa shape index (κ1) is 16.1. The van der Waals surface area contributed by atoms with Crippen LogP contribution in [0.4, 0.5) is 11.4 Å². The molecular formula is C18H23BrN2. The van der Waals surface area contributed by atoms with E-state index in [1.54, 1.807) is 0 Å². The summed E-state index contributed by atoms with van der Waals surface area (Å²) in [7, 11) is 2.12. The van der Waals surface area contributed by atoms with Crippen molar-refractivity contribution in [3.63, 3.8) is 0 Å². The summed E-state index contributed by atoms with van der Waals surface area (Å²) in [5.41, 5.74) is 11.2. The van der Waals surface area contributed by atoms with Gasteiger partial charge in [0.05, 0.1) is 0 Å². The summed E-state index contributed by atoms with van der Waals surface area (Å²) < 4.78 is 1.10. The van der Waals surface area contributed by atoms with Gasteiger partial charge in [0.2, 0.25) is 0 Å². The SMILES string of the molecule is CCC(N)Cc1cc(Br)ccc1N(C)c1ccccc1C.